The molecular weight excluding hydrogens is 270 g/mol. The Morgan fingerprint density at radius 2 is 2.30 bits per heavy atom. The fraction of sp³-hybridized carbons (Fsp3) is 0.333. The number of hydrogen-bond acceptors (Lipinski definition) is 4. The molecule has 0 spiro atoms. The maximum atomic E-state index is 11.9. The first-order valence-electron chi connectivity index (χ1n) is 6.68. The summed E-state index contributed by atoms with van der Waals surface area (Å²) in [7, 11) is 0. The Bertz CT molecular complexity index is 554. The summed E-state index contributed by atoms with van der Waals surface area (Å²) in [5, 5.41) is 9.11. The molecule has 0 saturated heterocycles. The molecule has 1 heterocycles. The molecule has 1 amide bonds. The molecule has 0 fully saturated rings. The summed E-state index contributed by atoms with van der Waals surface area (Å²) in [5.41, 5.74) is 1.96. The second kappa shape index (κ2) is 7.17. The van der Waals surface area contributed by atoms with E-state index in [1.54, 1.807) is 17.5 Å². The van der Waals surface area contributed by atoms with Crippen molar-refractivity contribution in [2.45, 2.75) is 26.3 Å². The lowest BCUT2D eigenvalue weighted by atomic mass is 10.2. The van der Waals surface area contributed by atoms with Crippen molar-refractivity contribution in [3.05, 3.63) is 46.4 Å². The first-order valence-corrected chi connectivity index (χ1v) is 7.56. The van der Waals surface area contributed by atoms with Gasteiger partial charge in [0.25, 0.3) is 0 Å². The van der Waals surface area contributed by atoms with E-state index in [-0.39, 0.29) is 18.5 Å². The molecule has 2 aromatic rings. The number of amides is 1. The number of carbonyl (C=O) groups excluding carboxylic acids is 1. The van der Waals surface area contributed by atoms with Gasteiger partial charge in [-0.25, -0.2) is 4.98 Å². The monoisotopic (exact) mass is 289 g/mol. The molecule has 1 aromatic heterocycles. The van der Waals surface area contributed by atoms with E-state index in [0.717, 1.165) is 22.7 Å². The van der Waals surface area contributed by atoms with Crippen LogP contribution in [-0.2, 0) is 4.79 Å². The highest BCUT2D eigenvalue weighted by molar-refractivity contribution is 7.09. The normalized spacial score (nSPS) is 12.1. The minimum atomic E-state index is -0.0365. The van der Waals surface area contributed by atoms with Crippen molar-refractivity contribution in [1.29, 1.82) is 0 Å². The van der Waals surface area contributed by atoms with E-state index in [4.69, 9.17) is 0 Å². The Morgan fingerprint density at radius 1 is 1.45 bits per heavy atom. The van der Waals surface area contributed by atoms with Crippen molar-refractivity contribution < 1.29 is 4.79 Å². The smallest absolute Gasteiger partial charge is 0.238 e. The summed E-state index contributed by atoms with van der Waals surface area (Å²) >= 11 is 1.61. The van der Waals surface area contributed by atoms with Gasteiger partial charge in [-0.3, -0.25) is 10.1 Å². The van der Waals surface area contributed by atoms with Crippen molar-refractivity contribution in [3.63, 3.8) is 0 Å². The molecule has 1 unspecified atom stereocenters. The van der Waals surface area contributed by atoms with Crippen LogP contribution in [0.1, 0.15) is 30.0 Å². The maximum absolute atomic E-state index is 11.9. The molecule has 0 bridgehead atoms. The molecule has 4 nitrogen and oxygen atoms in total. The summed E-state index contributed by atoms with van der Waals surface area (Å²) < 4.78 is 0. The van der Waals surface area contributed by atoms with E-state index in [9.17, 15) is 4.79 Å². The average molecular weight is 289 g/mol. The molecule has 0 radical (unpaired) electrons. The van der Waals surface area contributed by atoms with E-state index >= 15 is 0 Å². The van der Waals surface area contributed by atoms with Crippen LogP contribution in [0.15, 0.2) is 35.8 Å². The van der Waals surface area contributed by atoms with Gasteiger partial charge in [0.2, 0.25) is 5.91 Å². The summed E-state index contributed by atoms with van der Waals surface area (Å²) in [6, 6.07) is 7.92. The minimum Gasteiger partial charge on any atom is -0.325 e. The molecule has 0 saturated carbocycles. The zero-order chi connectivity index (χ0) is 14.4. The van der Waals surface area contributed by atoms with Crippen LogP contribution in [-0.4, -0.2) is 17.4 Å². The van der Waals surface area contributed by atoms with Crippen LogP contribution in [0.4, 0.5) is 5.69 Å². The molecule has 2 N–H and O–H groups in total. The van der Waals surface area contributed by atoms with Gasteiger partial charge in [0, 0.05) is 17.3 Å². The van der Waals surface area contributed by atoms with Crippen LogP contribution >= 0.6 is 11.3 Å². The number of aryl methyl sites for hydroxylation is 1. The standard InChI is InChI=1S/C15H19N3OS/c1-3-13(15-16-7-8-20-15)17-10-14(19)18-12-6-4-5-11(2)9-12/h4-9,13,17H,3,10H2,1-2H3,(H,18,19). The Hall–Kier alpha value is -1.72. The number of carbonyl (C=O) groups is 1. The van der Waals surface area contributed by atoms with E-state index in [0.29, 0.717) is 0 Å². The number of nitrogens with one attached hydrogen (secondary N) is 2. The Morgan fingerprint density at radius 3 is 2.95 bits per heavy atom. The Kier molecular flexibility index (Phi) is 5.26. The van der Waals surface area contributed by atoms with Gasteiger partial charge in [-0.1, -0.05) is 19.1 Å². The highest BCUT2D eigenvalue weighted by Crippen LogP contribution is 2.18. The highest BCUT2D eigenvalue weighted by Gasteiger charge is 2.12. The Balaban J connectivity index is 1.85. The number of aromatic nitrogens is 1. The zero-order valence-corrected chi connectivity index (χ0v) is 12.5. The van der Waals surface area contributed by atoms with E-state index in [1.807, 2.05) is 36.6 Å². The average Bonchev–Trinajstić information content (AvgIpc) is 2.93. The van der Waals surface area contributed by atoms with E-state index in [2.05, 4.69) is 22.5 Å². The van der Waals surface area contributed by atoms with Gasteiger partial charge in [0.05, 0.1) is 12.6 Å². The number of hydrogen-bond donors (Lipinski definition) is 2. The topological polar surface area (TPSA) is 54.0 Å². The van der Waals surface area contributed by atoms with Gasteiger partial charge in [-0.15, -0.1) is 11.3 Å². The quantitative estimate of drug-likeness (QED) is 0.859. The van der Waals surface area contributed by atoms with Gasteiger partial charge < -0.3 is 5.32 Å². The summed E-state index contributed by atoms with van der Waals surface area (Å²) in [6.07, 6.45) is 2.70. The molecule has 0 aliphatic heterocycles. The zero-order valence-electron chi connectivity index (χ0n) is 11.7. The lowest BCUT2D eigenvalue weighted by Crippen LogP contribution is -2.31. The molecule has 5 heteroatoms. The van der Waals surface area contributed by atoms with Crippen LogP contribution in [0.3, 0.4) is 0 Å². The molecule has 20 heavy (non-hydrogen) atoms. The van der Waals surface area contributed by atoms with Crippen LogP contribution in [0.25, 0.3) is 0 Å². The van der Waals surface area contributed by atoms with Gasteiger partial charge >= 0.3 is 0 Å². The molecule has 1 atom stereocenters. The molecule has 106 valence electrons. The molecule has 1 aromatic carbocycles. The number of rotatable bonds is 6. The lowest BCUT2D eigenvalue weighted by molar-refractivity contribution is -0.115. The predicted molar refractivity (Wildman–Crippen MR) is 83.0 cm³/mol. The van der Waals surface area contributed by atoms with Crippen LogP contribution < -0.4 is 10.6 Å². The number of benzene rings is 1. The van der Waals surface area contributed by atoms with Crippen molar-refractivity contribution in [1.82, 2.24) is 10.3 Å². The third-order valence-electron chi connectivity index (χ3n) is 2.97. The second-order valence-corrected chi connectivity index (χ2v) is 5.56. The van der Waals surface area contributed by atoms with Crippen LogP contribution in [0.5, 0.6) is 0 Å². The largest absolute Gasteiger partial charge is 0.325 e. The van der Waals surface area contributed by atoms with E-state index < -0.39 is 0 Å². The number of nitrogens with zero attached hydrogens (tertiary/aromatic N) is 1. The first kappa shape index (κ1) is 14.7. The predicted octanol–water partition coefficient (Wildman–Crippen LogP) is 3.13. The molecule has 2 rings (SSSR count). The van der Waals surface area contributed by atoms with Crippen molar-refractivity contribution in [3.8, 4) is 0 Å². The van der Waals surface area contributed by atoms with Gasteiger partial charge in [-0.2, -0.15) is 0 Å². The lowest BCUT2D eigenvalue weighted by Gasteiger charge is -2.14. The minimum absolute atomic E-state index is 0.0365. The van der Waals surface area contributed by atoms with E-state index in [1.165, 1.54) is 0 Å². The first-order chi connectivity index (χ1) is 9.69. The van der Waals surface area contributed by atoms with Crippen LogP contribution in [0, 0.1) is 6.92 Å². The van der Waals surface area contributed by atoms with Crippen LogP contribution in [0.2, 0.25) is 0 Å². The fourth-order valence-electron chi connectivity index (χ4n) is 1.96. The molecule has 0 aliphatic carbocycles. The van der Waals surface area contributed by atoms with Gasteiger partial charge in [0.1, 0.15) is 5.01 Å². The Labute approximate surface area is 123 Å². The highest BCUT2D eigenvalue weighted by atomic mass is 32.1. The van der Waals surface area contributed by atoms with Gasteiger partial charge in [-0.05, 0) is 31.0 Å². The van der Waals surface area contributed by atoms with Gasteiger partial charge in [0.15, 0.2) is 0 Å². The molecule has 0 aliphatic rings. The number of anilines is 1. The number of thiazole rings is 1. The summed E-state index contributed by atoms with van der Waals surface area (Å²) in [4.78, 5) is 16.2. The maximum Gasteiger partial charge on any atom is 0.238 e. The summed E-state index contributed by atoms with van der Waals surface area (Å²) in [6.45, 7) is 4.37. The fourth-order valence-corrected chi connectivity index (χ4v) is 2.75. The third-order valence-corrected chi connectivity index (χ3v) is 3.86. The van der Waals surface area contributed by atoms with Crippen molar-refractivity contribution >= 4 is 22.9 Å². The SMILES string of the molecule is CCC(NCC(=O)Nc1cccc(C)c1)c1nccs1. The van der Waals surface area contributed by atoms with Crippen molar-refractivity contribution in [2.24, 2.45) is 0 Å². The molecular formula is C15H19N3OS. The second-order valence-electron chi connectivity index (χ2n) is 4.63. The summed E-state index contributed by atoms with van der Waals surface area (Å²) in [5.74, 6) is -0.0365. The van der Waals surface area contributed by atoms with Crippen molar-refractivity contribution in [2.75, 3.05) is 11.9 Å². The third kappa shape index (κ3) is 4.15.